The molecular formula is C15H14ClNO3. The summed E-state index contributed by atoms with van der Waals surface area (Å²) >= 11 is 6.07. The van der Waals surface area contributed by atoms with Crippen LogP contribution in [0.2, 0.25) is 5.02 Å². The van der Waals surface area contributed by atoms with Gasteiger partial charge in [0.05, 0.1) is 12.3 Å². The Morgan fingerprint density at radius 1 is 1.40 bits per heavy atom. The van der Waals surface area contributed by atoms with Gasteiger partial charge in [-0.25, -0.2) is 0 Å². The van der Waals surface area contributed by atoms with Gasteiger partial charge in [-0.15, -0.1) is 0 Å². The van der Waals surface area contributed by atoms with Crippen molar-refractivity contribution in [2.24, 2.45) is 0 Å². The minimum atomic E-state index is 0.235. The third-order valence-corrected chi connectivity index (χ3v) is 3.44. The first-order valence-electron chi connectivity index (χ1n) is 6.37. The predicted octanol–water partition coefficient (Wildman–Crippen LogP) is 3.58. The molecule has 1 aliphatic heterocycles. The minimum absolute atomic E-state index is 0.235. The molecular weight excluding hydrogens is 278 g/mol. The molecule has 5 heteroatoms. The van der Waals surface area contributed by atoms with Crippen molar-refractivity contribution in [2.45, 2.75) is 13.0 Å². The van der Waals surface area contributed by atoms with Gasteiger partial charge in [0, 0.05) is 5.56 Å². The van der Waals surface area contributed by atoms with Crippen LogP contribution in [0.5, 0.6) is 5.75 Å². The molecule has 3 rings (SSSR count). The average molecular weight is 292 g/mol. The van der Waals surface area contributed by atoms with E-state index in [0.29, 0.717) is 23.1 Å². The molecule has 2 aromatic rings. The maximum absolute atomic E-state index is 6.07. The van der Waals surface area contributed by atoms with Crippen LogP contribution in [0.4, 0.5) is 0 Å². The van der Waals surface area contributed by atoms with Crippen molar-refractivity contribution in [1.29, 1.82) is 0 Å². The molecule has 0 aliphatic carbocycles. The molecule has 2 heterocycles. The van der Waals surface area contributed by atoms with Crippen molar-refractivity contribution >= 4 is 23.8 Å². The third-order valence-electron chi connectivity index (χ3n) is 2.98. The molecule has 0 amide bonds. The Kier molecular flexibility index (Phi) is 3.76. The number of hydrogen-bond donors (Lipinski definition) is 0. The van der Waals surface area contributed by atoms with Crippen molar-refractivity contribution < 1.29 is 14.0 Å². The van der Waals surface area contributed by atoms with Crippen molar-refractivity contribution in [2.75, 3.05) is 13.2 Å². The van der Waals surface area contributed by atoms with E-state index in [-0.39, 0.29) is 6.10 Å². The van der Waals surface area contributed by atoms with E-state index >= 15 is 0 Å². The number of epoxide rings is 1. The van der Waals surface area contributed by atoms with Gasteiger partial charge in [0.15, 0.2) is 5.76 Å². The summed E-state index contributed by atoms with van der Waals surface area (Å²) in [7, 11) is 0. The van der Waals surface area contributed by atoms with E-state index in [1.165, 1.54) is 0 Å². The normalized spacial score (nSPS) is 17.6. The Hall–Kier alpha value is -1.78. The van der Waals surface area contributed by atoms with E-state index in [2.05, 4.69) is 5.16 Å². The fraction of sp³-hybridized carbons (Fsp3) is 0.267. The lowest BCUT2D eigenvalue weighted by atomic mass is 10.2. The number of halogens is 1. The van der Waals surface area contributed by atoms with Crippen molar-refractivity contribution in [1.82, 2.24) is 5.16 Å². The monoisotopic (exact) mass is 291 g/mol. The fourth-order valence-electron chi connectivity index (χ4n) is 1.74. The first-order valence-corrected chi connectivity index (χ1v) is 6.75. The summed E-state index contributed by atoms with van der Waals surface area (Å²) in [5.41, 5.74) is 1.64. The molecule has 0 spiro atoms. The van der Waals surface area contributed by atoms with E-state index in [4.69, 9.17) is 25.6 Å². The Bertz CT molecular complexity index is 632. The van der Waals surface area contributed by atoms with E-state index in [1.54, 1.807) is 13.0 Å². The molecule has 1 aliphatic rings. The van der Waals surface area contributed by atoms with Gasteiger partial charge in [0.2, 0.25) is 0 Å². The molecule has 1 fully saturated rings. The molecule has 4 nitrogen and oxygen atoms in total. The summed E-state index contributed by atoms with van der Waals surface area (Å²) in [5.74, 6) is 1.36. The highest BCUT2D eigenvalue weighted by Crippen LogP contribution is 2.25. The van der Waals surface area contributed by atoms with Crippen LogP contribution in [0.15, 0.2) is 28.8 Å². The van der Waals surface area contributed by atoms with Crippen molar-refractivity contribution in [3.05, 3.63) is 46.3 Å². The van der Waals surface area contributed by atoms with Gasteiger partial charge in [0.1, 0.15) is 23.5 Å². The molecule has 0 radical (unpaired) electrons. The van der Waals surface area contributed by atoms with Crippen LogP contribution in [0, 0.1) is 6.92 Å². The number of para-hydroxylation sites is 1. The molecule has 1 aromatic heterocycles. The van der Waals surface area contributed by atoms with Gasteiger partial charge in [-0.2, -0.15) is 0 Å². The predicted molar refractivity (Wildman–Crippen MR) is 76.9 cm³/mol. The zero-order valence-electron chi connectivity index (χ0n) is 11.0. The van der Waals surface area contributed by atoms with Crippen LogP contribution in [-0.2, 0) is 4.74 Å². The second-order valence-electron chi connectivity index (χ2n) is 4.58. The van der Waals surface area contributed by atoms with E-state index in [1.807, 2.05) is 30.3 Å². The van der Waals surface area contributed by atoms with Crippen LogP contribution in [0.3, 0.4) is 0 Å². The summed E-state index contributed by atoms with van der Waals surface area (Å²) in [4.78, 5) is 0. The van der Waals surface area contributed by atoms with E-state index in [9.17, 15) is 0 Å². The molecule has 1 atom stereocenters. The largest absolute Gasteiger partial charge is 0.490 e. The zero-order chi connectivity index (χ0) is 13.9. The molecule has 1 unspecified atom stereocenters. The number of aromatic nitrogens is 1. The van der Waals surface area contributed by atoms with Gasteiger partial charge in [0.25, 0.3) is 0 Å². The second kappa shape index (κ2) is 5.69. The Morgan fingerprint density at radius 3 is 2.90 bits per heavy atom. The average Bonchev–Trinajstić information content (AvgIpc) is 3.24. The lowest BCUT2D eigenvalue weighted by Crippen LogP contribution is -2.04. The van der Waals surface area contributed by atoms with Crippen LogP contribution in [0.25, 0.3) is 12.2 Å². The maximum Gasteiger partial charge on any atom is 0.178 e. The van der Waals surface area contributed by atoms with Crippen LogP contribution in [-0.4, -0.2) is 24.5 Å². The number of hydrogen-bond acceptors (Lipinski definition) is 4. The van der Waals surface area contributed by atoms with Gasteiger partial charge in [-0.3, -0.25) is 0 Å². The fourth-order valence-corrected chi connectivity index (χ4v) is 1.87. The second-order valence-corrected chi connectivity index (χ2v) is 4.96. The standard InChI is InChI=1S/C15H14ClNO3/c1-10-15(16)14(20-17-10)7-6-11-4-2-3-5-13(11)19-9-12-8-18-12/h2-7,12H,8-9H2,1H3/b7-6+. The number of benzene rings is 1. The van der Waals surface area contributed by atoms with E-state index < -0.39 is 0 Å². The molecule has 1 aromatic carbocycles. The molecule has 0 bridgehead atoms. The number of rotatable bonds is 5. The molecule has 0 saturated carbocycles. The molecule has 20 heavy (non-hydrogen) atoms. The lowest BCUT2D eigenvalue weighted by molar-refractivity contribution is 0.262. The molecule has 0 N–H and O–H groups in total. The third kappa shape index (κ3) is 3.03. The van der Waals surface area contributed by atoms with Crippen LogP contribution < -0.4 is 4.74 Å². The lowest BCUT2D eigenvalue weighted by Gasteiger charge is -2.07. The number of aryl methyl sites for hydroxylation is 1. The van der Waals surface area contributed by atoms with Gasteiger partial charge in [-0.1, -0.05) is 35.0 Å². The highest BCUT2D eigenvalue weighted by Gasteiger charge is 2.23. The first-order chi connectivity index (χ1) is 9.74. The van der Waals surface area contributed by atoms with Crippen LogP contribution >= 0.6 is 11.6 Å². The number of ether oxygens (including phenoxy) is 2. The quantitative estimate of drug-likeness (QED) is 0.790. The van der Waals surface area contributed by atoms with Gasteiger partial charge in [-0.05, 0) is 25.1 Å². The van der Waals surface area contributed by atoms with E-state index in [0.717, 1.165) is 17.9 Å². The van der Waals surface area contributed by atoms with Crippen molar-refractivity contribution in [3.63, 3.8) is 0 Å². The summed E-state index contributed by atoms with van der Waals surface area (Å²) in [6, 6.07) is 7.78. The number of nitrogens with zero attached hydrogens (tertiary/aromatic N) is 1. The topological polar surface area (TPSA) is 47.8 Å². The summed E-state index contributed by atoms with van der Waals surface area (Å²) < 4.78 is 16.0. The maximum atomic E-state index is 6.07. The minimum Gasteiger partial charge on any atom is -0.490 e. The van der Waals surface area contributed by atoms with Gasteiger partial charge >= 0.3 is 0 Å². The molecule has 1 saturated heterocycles. The highest BCUT2D eigenvalue weighted by atomic mass is 35.5. The first kappa shape index (κ1) is 13.2. The summed E-state index contributed by atoms with van der Waals surface area (Å²) in [6.45, 7) is 3.16. The van der Waals surface area contributed by atoms with Crippen molar-refractivity contribution in [3.8, 4) is 5.75 Å². The zero-order valence-corrected chi connectivity index (χ0v) is 11.8. The van der Waals surface area contributed by atoms with Crippen LogP contribution in [0.1, 0.15) is 17.0 Å². The van der Waals surface area contributed by atoms with Gasteiger partial charge < -0.3 is 14.0 Å². The molecule has 104 valence electrons. The Balaban J connectivity index is 1.77. The highest BCUT2D eigenvalue weighted by molar-refractivity contribution is 6.32. The smallest absolute Gasteiger partial charge is 0.178 e. The Labute approximate surface area is 121 Å². The SMILES string of the molecule is Cc1noc(/C=C/c2ccccc2OCC2CO2)c1Cl. The summed E-state index contributed by atoms with van der Waals surface area (Å²) in [5, 5.41) is 4.35. The summed E-state index contributed by atoms with van der Waals surface area (Å²) in [6.07, 6.45) is 3.92. The Morgan fingerprint density at radius 2 is 2.20 bits per heavy atom.